The summed E-state index contributed by atoms with van der Waals surface area (Å²) >= 11 is 0. The minimum Gasteiger partial charge on any atom is -0.496 e. The van der Waals surface area contributed by atoms with Crippen LogP contribution >= 0.6 is 0 Å². The normalized spacial score (nSPS) is 10.4. The molecule has 2 aromatic carbocycles. The number of nitrogen functional groups attached to an aromatic ring is 1. The quantitative estimate of drug-likeness (QED) is 0.686. The molecule has 2 N–H and O–H groups in total. The molecule has 20 heavy (non-hydrogen) atoms. The molecule has 0 bridgehead atoms. The number of nitrogens with two attached hydrogens (primary N) is 1. The summed E-state index contributed by atoms with van der Waals surface area (Å²) < 4.78 is 5.33. The Morgan fingerprint density at radius 2 is 1.60 bits per heavy atom. The van der Waals surface area contributed by atoms with Gasteiger partial charge in [0.1, 0.15) is 5.75 Å². The van der Waals surface area contributed by atoms with Crippen molar-refractivity contribution < 1.29 is 9.53 Å². The first-order chi connectivity index (χ1) is 9.43. The van der Waals surface area contributed by atoms with Crippen molar-refractivity contribution in [1.82, 2.24) is 0 Å². The summed E-state index contributed by atoms with van der Waals surface area (Å²) in [6.45, 7) is 5.78. The van der Waals surface area contributed by atoms with Crippen LogP contribution in [0.25, 0.3) is 0 Å². The molecule has 0 spiro atoms. The van der Waals surface area contributed by atoms with E-state index in [0.29, 0.717) is 16.8 Å². The van der Waals surface area contributed by atoms with Gasteiger partial charge in [-0.25, -0.2) is 0 Å². The maximum Gasteiger partial charge on any atom is 0.193 e. The van der Waals surface area contributed by atoms with Gasteiger partial charge in [0.2, 0.25) is 0 Å². The molecule has 3 nitrogen and oxygen atoms in total. The summed E-state index contributed by atoms with van der Waals surface area (Å²) in [4.78, 5) is 12.6. The Hall–Kier alpha value is -2.29. The van der Waals surface area contributed by atoms with Gasteiger partial charge in [0.25, 0.3) is 0 Å². The summed E-state index contributed by atoms with van der Waals surface area (Å²) in [5, 5.41) is 0. The number of aryl methyl sites for hydroxylation is 3. The number of methoxy groups -OCH3 is 1. The molecule has 0 radical (unpaired) electrons. The van der Waals surface area contributed by atoms with E-state index in [0.717, 1.165) is 22.4 Å². The second-order valence-corrected chi connectivity index (χ2v) is 5.05. The molecule has 0 unspecified atom stereocenters. The van der Waals surface area contributed by atoms with E-state index in [9.17, 15) is 4.79 Å². The molecule has 0 fully saturated rings. The lowest BCUT2D eigenvalue weighted by Crippen LogP contribution is -2.06. The third kappa shape index (κ3) is 2.52. The third-order valence-corrected chi connectivity index (χ3v) is 3.42. The van der Waals surface area contributed by atoms with Crippen molar-refractivity contribution in [2.24, 2.45) is 0 Å². The van der Waals surface area contributed by atoms with Crippen LogP contribution in [-0.2, 0) is 0 Å². The lowest BCUT2D eigenvalue weighted by atomic mass is 9.96. The van der Waals surface area contributed by atoms with Gasteiger partial charge in [-0.05, 0) is 67.8 Å². The highest BCUT2D eigenvalue weighted by atomic mass is 16.5. The predicted molar refractivity (Wildman–Crippen MR) is 81.5 cm³/mol. The van der Waals surface area contributed by atoms with Crippen LogP contribution < -0.4 is 10.5 Å². The Bertz CT molecular complexity index is 652. The van der Waals surface area contributed by atoms with Crippen molar-refractivity contribution in [2.45, 2.75) is 20.8 Å². The fraction of sp³-hybridized carbons (Fsp3) is 0.235. The van der Waals surface area contributed by atoms with Crippen molar-refractivity contribution in [2.75, 3.05) is 12.8 Å². The largest absolute Gasteiger partial charge is 0.496 e. The Balaban J connectivity index is 2.49. The van der Waals surface area contributed by atoms with Crippen LogP contribution in [0.1, 0.15) is 32.6 Å². The molecule has 0 aliphatic carbocycles. The topological polar surface area (TPSA) is 52.3 Å². The zero-order chi connectivity index (χ0) is 14.9. The molecule has 0 aliphatic rings. The lowest BCUT2D eigenvalue weighted by Gasteiger charge is -2.12. The van der Waals surface area contributed by atoms with Gasteiger partial charge in [0.15, 0.2) is 5.78 Å². The molecule has 2 aromatic rings. The number of anilines is 1. The van der Waals surface area contributed by atoms with Gasteiger partial charge in [-0.3, -0.25) is 4.79 Å². The van der Waals surface area contributed by atoms with E-state index in [2.05, 4.69) is 0 Å². The zero-order valence-electron chi connectivity index (χ0n) is 12.3. The second-order valence-electron chi connectivity index (χ2n) is 5.05. The van der Waals surface area contributed by atoms with Crippen molar-refractivity contribution >= 4 is 11.5 Å². The Labute approximate surface area is 119 Å². The smallest absolute Gasteiger partial charge is 0.193 e. The molecule has 0 aromatic heterocycles. The SMILES string of the molecule is COc1c(C)cc(C(=O)c2ccc(N)cc2C)cc1C. The number of carbonyl (C=O) groups is 1. The van der Waals surface area contributed by atoms with Crippen molar-refractivity contribution in [3.05, 3.63) is 58.1 Å². The van der Waals surface area contributed by atoms with Crippen LogP contribution in [0, 0.1) is 20.8 Å². The van der Waals surface area contributed by atoms with Crippen molar-refractivity contribution in [3.8, 4) is 5.75 Å². The first-order valence-electron chi connectivity index (χ1n) is 6.50. The van der Waals surface area contributed by atoms with Gasteiger partial charge >= 0.3 is 0 Å². The van der Waals surface area contributed by atoms with Gasteiger partial charge in [-0.1, -0.05) is 0 Å². The maximum absolute atomic E-state index is 12.6. The van der Waals surface area contributed by atoms with Crippen LogP contribution in [-0.4, -0.2) is 12.9 Å². The molecule has 2 rings (SSSR count). The fourth-order valence-electron chi connectivity index (χ4n) is 2.50. The summed E-state index contributed by atoms with van der Waals surface area (Å²) in [6, 6.07) is 9.08. The van der Waals surface area contributed by atoms with Gasteiger partial charge in [-0.15, -0.1) is 0 Å². The molecular weight excluding hydrogens is 250 g/mol. The summed E-state index contributed by atoms with van der Waals surface area (Å²) in [6.07, 6.45) is 0. The number of hydrogen-bond donors (Lipinski definition) is 1. The second kappa shape index (κ2) is 5.37. The molecular formula is C17H19NO2. The number of benzene rings is 2. The van der Waals surface area contributed by atoms with Crippen LogP contribution in [0.3, 0.4) is 0 Å². The fourth-order valence-corrected chi connectivity index (χ4v) is 2.50. The summed E-state index contributed by atoms with van der Waals surface area (Å²) in [5.74, 6) is 0.840. The number of hydrogen-bond acceptors (Lipinski definition) is 3. The molecule has 0 saturated heterocycles. The first kappa shape index (κ1) is 14.1. The number of rotatable bonds is 3. The first-order valence-corrected chi connectivity index (χ1v) is 6.50. The van der Waals surface area contributed by atoms with Crippen LogP contribution in [0.15, 0.2) is 30.3 Å². The minimum atomic E-state index is 0.0105. The summed E-state index contributed by atoms with van der Waals surface area (Å²) in [7, 11) is 1.64. The Morgan fingerprint density at radius 3 is 2.10 bits per heavy atom. The molecule has 0 amide bonds. The van der Waals surface area contributed by atoms with Gasteiger partial charge in [-0.2, -0.15) is 0 Å². The van der Waals surface area contributed by atoms with Crippen LogP contribution in [0.5, 0.6) is 5.75 Å². The number of ketones is 1. The highest BCUT2D eigenvalue weighted by Gasteiger charge is 2.15. The van der Waals surface area contributed by atoms with Crippen LogP contribution in [0.4, 0.5) is 5.69 Å². The maximum atomic E-state index is 12.6. The van der Waals surface area contributed by atoms with E-state index in [1.807, 2.05) is 39.0 Å². The van der Waals surface area contributed by atoms with Crippen LogP contribution in [0.2, 0.25) is 0 Å². The van der Waals surface area contributed by atoms with Gasteiger partial charge < -0.3 is 10.5 Å². The molecule has 0 heterocycles. The van der Waals surface area contributed by atoms with E-state index in [1.54, 1.807) is 19.2 Å². The number of ether oxygens (including phenoxy) is 1. The Morgan fingerprint density at radius 1 is 1.00 bits per heavy atom. The molecule has 0 aliphatic heterocycles. The van der Waals surface area contributed by atoms with E-state index in [1.165, 1.54) is 0 Å². The number of carbonyl (C=O) groups excluding carboxylic acids is 1. The molecule has 3 heteroatoms. The predicted octanol–water partition coefficient (Wildman–Crippen LogP) is 3.43. The average Bonchev–Trinajstić information content (AvgIpc) is 2.37. The highest BCUT2D eigenvalue weighted by Crippen LogP contribution is 2.26. The van der Waals surface area contributed by atoms with E-state index in [-0.39, 0.29) is 5.78 Å². The zero-order valence-corrected chi connectivity index (χ0v) is 12.3. The minimum absolute atomic E-state index is 0.0105. The summed E-state index contributed by atoms with van der Waals surface area (Å²) in [5.41, 5.74) is 10.6. The van der Waals surface area contributed by atoms with E-state index >= 15 is 0 Å². The highest BCUT2D eigenvalue weighted by molar-refractivity contribution is 6.10. The van der Waals surface area contributed by atoms with Crippen molar-refractivity contribution in [1.29, 1.82) is 0 Å². The molecule has 0 saturated carbocycles. The molecule has 104 valence electrons. The standard InChI is InChI=1S/C17H19NO2/c1-10-9-14(18)5-6-15(10)16(19)13-7-11(2)17(20-4)12(3)8-13/h5-9H,18H2,1-4H3. The van der Waals surface area contributed by atoms with Gasteiger partial charge in [0.05, 0.1) is 7.11 Å². The monoisotopic (exact) mass is 269 g/mol. The Kier molecular flexibility index (Phi) is 3.79. The van der Waals surface area contributed by atoms with Crippen molar-refractivity contribution in [3.63, 3.8) is 0 Å². The van der Waals surface area contributed by atoms with Gasteiger partial charge in [0, 0.05) is 16.8 Å². The van der Waals surface area contributed by atoms with E-state index in [4.69, 9.17) is 10.5 Å². The lowest BCUT2D eigenvalue weighted by molar-refractivity contribution is 0.103. The molecule has 0 atom stereocenters. The van der Waals surface area contributed by atoms with E-state index < -0.39 is 0 Å². The third-order valence-electron chi connectivity index (χ3n) is 3.42. The average molecular weight is 269 g/mol.